The first-order chi connectivity index (χ1) is 11.2. The molecular weight excluding hydrogens is 326 g/mol. The van der Waals surface area contributed by atoms with Crippen LogP contribution in [0.5, 0.6) is 0 Å². The van der Waals surface area contributed by atoms with Gasteiger partial charge in [0.2, 0.25) is 10.0 Å². The first-order valence-electron chi connectivity index (χ1n) is 7.63. The van der Waals surface area contributed by atoms with E-state index in [4.69, 9.17) is 5.11 Å². The number of rotatable bonds is 7. The number of nitrogens with one attached hydrogen (secondary N) is 1. The van der Waals surface area contributed by atoms with Gasteiger partial charge in [-0.1, -0.05) is 42.0 Å². The standard InChI is InChI=1S/C18H21NO4S/c1-13-5-3-6-15(9-13)10-14(2)19-24(22,23)12-16-7-4-8-17(11-16)18(20)21/h3-9,11,14,19H,10,12H2,1-2H3,(H,20,21). The minimum atomic E-state index is -3.55. The molecule has 0 radical (unpaired) electrons. The number of hydrogen-bond donors (Lipinski definition) is 2. The lowest BCUT2D eigenvalue weighted by atomic mass is 10.1. The van der Waals surface area contributed by atoms with E-state index in [-0.39, 0.29) is 17.4 Å². The average molecular weight is 347 g/mol. The second-order valence-corrected chi connectivity index (χ2v) is 7.73. The first-order valence-corrected chi connectivity index (χ1v) is 9.28. The van der Waals surface area contributed by atoms with Crippen molar-refractivity contribution in [3.05, 3.63) is 70.8 Å². The zero-order chi connectivity index (χ0) is 17.7. The molecule has 2 rings (SSSR count). The summed E-state index contributed by atoms with van der Waals surface area (Å²) in [6, 6.07) is 13.7. The topological polar surface area (TPSA) is 83.5 Å². The molecule has 0 bridgehead atoms. The zero-order valence-corrected chi connectivity index (χ0v) is 14.5. The Hall–Kier alpha value is -2.18. The van der Waals surface area contributed by atoms with E-state index in [9.17, 15) is 13.2 Å². The molecule has 0 fully saturated rings. The van der Waals surface area contributed by atoms with Gasteiger partial charge in [0, 0.05) is 6.04 Å². The fourth-order valence-corrected chi connectivity index (χ4v) is 3.99. The van der Waals surface area contributed by atoms with Gasteiger partial charge in [-0.25, -0.2) is 17.9 Å². The van der Waals surface area contributed by atoms with Crippen LogP contribution in [0.25, 0.3) is 0 Å². The SMILES string of the molecule is Cc1cccc(CC(C)NS(=O)(=O)Cc2cccc(C(=O)O)c2)c1. The predicted molar refractivity (Wildman–Crippen MR) is 93.5 cm³/mol. The second-order valence-electron chi connectivity index (χ2n) is 5.98. The van der Waals surface area contributed by atoms with Crippen molar-refractivity contribution in [1.29, 1.82) is 0 Å². The fourth-order valence-electron chi connectivity index (χ4n) is 2.60. The monoisotopic (exact) mass is 347 g/mol. The Morgan fingerprint density at radius 1 is 1.12 bits per heavy atom. The number of aryl methyl sites for hydroxylation is 1. The molecule has 0 aliphatic rings. The lowest BCUT2D eigenvalue weighted by Gasteiger charge is -2.15. The van der Waals surface area contributed by atoms with Gasteiger partial charge in [0.1, 0.15) is 0 Å². The van der Waals surface area contributed by atoms with Crippen molar-refractivity contribution in [2.45, 2.75) is 32.1 Å². The van der Waals surface area contributed by atoms with Crippen molar-refractivity contribution in [2.24, 2.45) is 0 Å². The second kappa shape index (κ2) is 7.59. The lowest BCUT2D eigenvalue weighted by Crippen LogP contribution is -2.35. The molecule has 6 heteroatoms. The number of hydrogen-bond acceptors (Lipinski definition) is 3. The maximum absolute atomic E-state index is 12.3. The fraction of sp³-hybridized carbons (Fsp3) is 0.278. The van der Waals surface area contributed by atoms with Crippen molar-refractivity contribution in [1.82, 2.24) is 4.72 Å². The van der Waals surface area contributed by atoms with E-state index >= 15 is 0 Å². The van der Waals surface area contributed by atoms with Gasteiger partial charge in [0.15, 0.2) is 0 Å². The highest BCUT2D eigenvalue weighted by Gasteiger charge is 2.16. The Bertz CT molecular complexity index is 830. The number of sulfonamides is 1. The quantitative estimate of drug-likeness (QED) is 0.807. The van der Waals surface area contributed by atoms with Gasteiger partial charge in [-0.05, 0) is 43.5 Å². The van der Waals surface area contributed by atoms with Gasteiger partial charge in [-0.2, -0.15) is 0 Å². The van der Waals surface area contributed by atoms with Crippen LogP contribution in [-0.2, 0) is 22.2 Å². The summed E-state index contributed by atoms with van der Waals surface area (Å²) in [5, 5.41) is 8.97. The van der Waals surface area contributed by atoms with Crippen molar-refractivity contribution in [3.8, 4) is 0 Å². The summed E-state index contributed by atoms with van der Waals surface area (Å²) in [6.45, 7) is 3.81. The summed E-state index contributed by atoms with van der Waals surface area (Å²) in [7, 11) is -3.55. The molecule has 24 heavy (non-hydrogen) atoms. The molecule has 1 unspecified atom stereocenters. The van der Waals surface area contributed by atoms with Gasteiger partial charge in [-0.3, -0.25) is 0 Å². The van der Waals surface area contributed by atoms with Crippen LogP contribution in [0.2, 0.25) is 0 Å². The van der Waals surface area contributed by atoms with Crippen molar-refractivity contribution in [2.75, 3.05) is 0 Å². The molecule has 0 aliphatic heterocycles. The van der Waals surface area contributed by atoms with E-state index in [0.717, 1.165) is 11.1 Å². The molecule has 0 saturated heterocycles. The molecule has 0 aliphatic carbocycles. The van der Waals surface area contributed by atoms with E-state index < -0.39 is 16.0 Å². The smallest absolute Gasteiger partial charge is 0.335 e. The zero-order valence-electron chi connectivity index (χ0n) is 13.7. The van der Waals surface area contributed by atoms with E-state index in [1.54, 1.807) is 12.1 Å². The van der Waals surface area contributed by atoms with Crippen LogP contribution < -0.4 is 4.72 Å². The summed E-state index contributed by atoms with van der Waals surface area (Å²) < 4.78 is 27.2. The van der Waals surface area contributed by atoms with Crippen molar-refractivity contribution < 1.29 is 18.3 Å². The summed E-state index contributed by atoms with van der Waals surface area (Å²) in [5.41, 5.74) is 2.73. The van der Waals surface area contributed by atoms with Crippen LogP contribution in [-0.4, -0.2) is 25.5 Å². The van der Waals surface area contributed by atoms with E-state index in [1.165, 1.54) is 12.1 Å². The third-order valence-corrected chi connectivity index (χ3v) is 5.01. The van der Waals surface area contributed by atoms with Crippen LogP contribution >= 0.6 is 0 Å². The highest BCUT2D eigenvalue weighted by atomic mass is 32.2. The van der Waals surface area contributed by atoms with Crippen LogP contribution in [0.4, 0.5) is 0 Å². The minimum Gasteiger partial charge on any atom is -0.478 e. The molecule has 2 aromatic carbocycles. The average Bonchev–Trinajstić information content (AvgIpc) is 2.46. The van der Waals surface area contributed by atoms with Gasteiger partial charge < -0.3 is 5.11 Å². The molecule has 0 saturated carbocycles. The summed E-state index contributed by atoms with van der Waals surface area (Å²) in [6.07, 6.45) is 0.593. The molecular formula is C18H21NO4S. The molecule has 0 spiro atoms. The molecule has 2 aromatic rings. The van der Waals surface area contributed by atoms with Crippen LogP contribution in [0, 0.1) is 6.92 Å². The Kier molecular flexibility index (Phi) is 5.75. The molecule has 2 N–H and O–H groups in total. The van der Waals surface area contributed by atoms with Gasteiger partial charge in [0.05, 0.1) is 11.3 Å². The summed E-state index contributed by atoms with van der Waals surface area (Å²) >= 11 is 0. The molecule has 0 aromatic heterocycles. The van der Waals surface area contributed by atoms with Gasteiger partial charge in [0.25, 0.3) is 0 Å². The molecule has 0 heterocycles. The van der Waals surface area contributed by atoms with E-state index in [0.29, 0.717) is 12.0 Å². The first kappa shape index (κ1) is 18.2. The van der Waals surface area contributed by atoms with Crippen molar-refractivity contribution >= 4 is 16.0 Å². The van der Waals surface area contributed by atoms with E-state index in [1.807, 2.05) is 38.1 Å². The normalized spacial score (nSPS) is 12.8. The Morgan fingerprint density at radius 2 is 1.79 bits per heavy atom. The molecule has 1 atom stereocenters. The third kappa shape index (κ3) is 5.47. The molecule has 0 amide bonds. The Morgan fingerprint density at radius 3 is 2.46 bits per heavy atom. The largest absolute Gasteiger partial charge is 0.478 e. The number of carboxylic acid groups (broad SMARTS) is 1. The minimum absolute atomic E-state index is 0.0792. The number of aromatic carboxylic acids is 1. The summed E-state index contributed by atoms with van der Waals surface area (Å²) in [5.74, 6) is -1.32. The number of carboxylic acids is 1. The molecule has 5 nitrogen and oxygen atoms in total. The maximum atomic E-state index is 12.3. The highest BCUT2D eigenvalue weighted by molar-refractivity contribution is 7.88. The number of benzene rings is 2. The van der Waals surface area contributed by atoms with E-state index in [2.05, 4.69) is 4.72 Å². The van der Waals surface area contributed by atoms with Crippen LogP contribution in [0.3, 0.4) is 0 Å². The Labute approximate surface area is 142 Å². The number of carbonyl (C=O) groups is 1. The highest BCUT2D eigenvalue weighted by Crippen LogP contribution is 2.11. The van der Waals surface area contributed by atoms with Crippen LogP contribution in [0.1, 0.15) is 34.0 Å². The third-order valence-electron chi connectivity index (χ3n) is 3.54. The predicted octanol–water partition coefficient (Wildman–Crippen LogP) is 2.74. The maximum Gasteiger partial charge on any atom is 0.335 e. The lowest BCUT2D eigenvalue weighted by molar-refractivity contribution is 0.0696. The molecule has 128 valence electrons. The van der Waals surface area contributed by atoms with Crippen molar-refractivity contribution in [3.63, 3.8) is 0 Å². The van der Waals surface area contributed by atoms with Gasteiger partial charge in [-0.15, -0.1) is 0 Å². The van der Waals surface area contributed by atoms with Crippen LogP contribution in [0.15, 0.2) is 48.5 Å². The summed E-state index contributed by atoms with van der Waals surface area (Å²) in [4.78, 5) is 11.0. The van der Waals surface area contributed by atoms with Gasteiger partial charge >= 0.3 is 5.97 Å². The Balaban J connectivity index is 2.02.